The minimum atomic E-state index is 0.752. The molecule has 0 atom stereocenters. The molecule has 0 radical (unpaired) electrons. The fourth-order valence-electron chi connectivity index (χ4n) is 1.80. The maximum Gasteiger partial charge on any atom is 0.107 e. The maximum atomic E-state index is 6.08. The van der Waals surface area contributed by atoms with Crippen molar-refractivity contribution >= 4 is 70.8 Å². The van der Waals surface area contributed by atoms with Crippen molar-refractivity contribution in [1.82, 2.24) is 19.2 Å². The molecule has 0 amide bonds. The third-order valence-electron chi connectivity index (χ3n) is 2.82. The highest BCUT2D eigenvalue weighted by molar-refractivity contribution is 8.76. The summed E-state index contributed by atoms with van der Waals surface area (Å²) < 4.78 is 9.99. The molecule has 0 fully saturated rings. The van der Waals surface area contributed by atoms with E-state index in [1.165, 1.54) is 23.1 Å². The van der Waals surface area contributed by atoms with Gasteiger partial charge >= 0.3 is 0 Å². The zero-order valence-corrected chi connectivity index (χ0v) is 13.7. The summed E-state index contributed by atoms with van der Waals surface area (Å²) in [5.74, 6) is 0. The standard InChI is InChI=1S/C12H7N5S4/c13-7-4-12-9(15-17-19-12)5-11(7)21-20-6-1-2-10-8(3-6)14-16-18-10/h1-5H,13H2. The zero-order valence-electron chi connectivity index (χ0n) is 10.4. The van der Waals surface area contributed by atoms with E-state index in [2.05, 4.69) is 25.2 Å². The van der Waals surface area contributed by atoms with Crippen LogP contribution >= 0.6 is 44.7 Å². The third kappa shape index (κ3) is 2.57. The van der Waals surface area contributed by atoms with Crippen molar-refractivity contribution in [3.8, 4) is 0 Å². The van der Waals surface area contributed by atoms with Gasteiger partial charge in [-0.1, -0.05) is 30.6 Å². The fourth-order valence-corrected chi connectivity index (χ4v) is 5.02. The predicted molar refractivity (Wildman–Crippen MR) is 91.0 cm³/mol. The molecular formula is C12H7N5S4. The maximum absolute atomic E-state index is 6.08. The van der Waals surface area contributed by atoms with E-state index in [4.69, 9.17) is 5.73 Å². The number of nitrogen functional groups attached to an aromatic ring is 1. The first-order chi connectivity index (χ1) is 10.3. The van der Waals surface area contributed by atoms with Crippen LogP contribution < -0.4 is 5.73 Å². The Bertz CT molecular complexity index is 932. The highest BCUT2D eigenvalue weighted by atomic mass is 33.1. The Balaban J connectivity index is 1.60. The number of nitrogens with zero attached hydrogens (tertiary/aromatic N) is 4. The SMILES string of the molecule is Nc1cc2snnc2cc1SSc1ccc2snnc2c1. The van der Waals surface area contributed by atoms with Crippen LogP contribution in [0.4, 0.5) is 5.69 Å². The summed E-state index contributed by atoms with van der Waals surface area (Å²) in [5, 5.41) is 8.17. The molecular weight excluding hydrogens is 342 g/mol. The van der Waals surface area contributed by atoms with Gasteiger partial charge in [0.05, 0.1) is 9.40 Å². The summed E-state index contributed by atoms with van der Waals surface area (Å²) in [6.45, 7) is 0. The van der Waals surface area contributed by atoms with Crippen molar-refractivity contribution in [2.45, 2.75) is 9.79 Å². The van der Waals surface area contributed by atoms with E-state index in [1.807, 2.05) is 24.3 Å². The van der Waals surface area contributed by atoms with Crippen LogP contribution in [0.1, 0.15) is 0 Å². The first kappa shape index (κ1) is 13.3. The van der Waals surface area contributed by atoms with Crippen molar-refractivity contribution in [3.63, 3.8) is 0 Å². The van der Waals surface area contributed by atoms with Crippen LogP contribution in [0.15, 0.2) is 40.1 Å². The second-order valence-electron chi connectivity index (χ2n) is 4.20. The molecule has 4 aromatic rings. The fraction of sp³-hybridized carbons (Fsp3) is 0. The highest BCUT2D eigenvalue weighted by Crippen LogP contribution is 2.42. The molecule has 21 heavy (non-hydrogen) atoms. The van der Waals surface area contributed by atoms with Gasteiger partial charge in [-0.15, -0.1) is 10.2 Å². The Morgan fingerprint density at radius 1 is 0.857 bits per heavy atom. The molecule has 2 aromatic heterocycles. The first-order valence-electron chi connectivity index (χ1n) is 5.88. The number of hydrogen-bond acceptors (Lipinski definition) is 9. The van der Waals surface area contributed by atoms with E-state index < -0.39 is 0 Å². The van der Waals surface area contributed by atoms with E-state index in [0.29, 0.717) is 0 Å². The summed E-state index contributed by atoms with van der Waals surface area (Å²) in [7, 11) is 3.26. The third-order valence-corrected chi connectivity index (χ3v) is 6.65. The predicted octanol–water partition coefficient (Wildman–Crippen LogP) is 4.08. The summed E-state index contributed by atoms with van der Waals surface area (Å²) in [4.78, 5) is 2.12. The van der Waals surface area contributed by atoms with Gasteiger partial charge in [-0.3, -0.25) is 0 Å². The number of aromatic nitrogens is 4. The second-order valence-corrected chi connectivity index (χ2v) is 8.02. The molecule has 4 rings (SSSR count). The lowest BCUT2D eigenvalue weighted by Gasteiger charge is -2.04. The summed E-state index contributed by atoms with van der Waals surface area (Å²) in [6.07, 6.45) is 0. The molecule has 9 heteroatoms. The van der Waals surface area contributed by atoms with Crippen molar-refractivity contribution in [2.24, 2.45) is 0 Å². The van der Waals surface area contributed by atoms with E-state index >= 15 is 0 Å². The molecule has 5 nitrogen and oxygen atoms in total. The van der Waals surface area contributed by atoms with Crippen LogP contribution in [0.25, 0.3) is 20.4 Å². The number of fused-ring (bicyclic) bond motifs is 2. The van der Waals surface area contributed by atoms with Crippen LogP contribution in [0.5, 0.6) is 0 Å². The van der Waals surface area contributed by atoms with Crippen LogP contribution in [0.3, 0.4) is 0 Å². The molecule has 2 heterocycles. The van der Waals surface area contributed by atoms with Crippen LogP contribution in [0.2, 0.25) is 0 Å². The van der Waals surface area contributed by atoms with Crippen LogP contribution in [-0.4, -0.2) is 19.2 Å². The Morgan fingerprint density at radius 2 is 1.62 bits per heavy atom. The lowest BCUT2D eigenvalue weighted by molar-refractivity contribution is 1.19. The van der Waals surface area contributed by atoms with Gasteiger partial charge in [0.15, 0.2) is 0 Å². The zero-order chi connectivity index (χ0) is 14.2. The molecule has 2 aromatic carbocycles. The normalized spacial score (nSPS) is 11.4. The number of rotatable bonds is 3. The van der Waals surface area contributed by atoms with Gasteiger partial charge in [-0.2, -0.15) is 0 Å². The first-order valence-corrected chi connectivity index (χ1v) is 9.57. The van der Waals surface area contributed by atoms with Crippen LogP contribution in [0, 0.1) is 0 Å². The van der Waals surface area contributed by atoms with Gasteiger partial charge in [0.2, 0.25) is 0 Å². The molecule has 0 aliphatic heterocycles. The van der Waals surface area contributed by atoms with E-state index in [9.17, 15) is 0 Å². The Labute approximate surface area is 135 Å². The van der Waals surface area contributed by atoms with E-state index in [-0.39, 0.29) is 0 Å². The Kier molecular flexibility index (Phi) is 3.42. The van der Waals surface area contributed by atoms with E-state index in [0.717, 1.165) is 35.9 Å². The lowest BCUT2D eigenvalue weighted by atomic mass is 10.3. The second kappa shape index (κ2) is 5.41. The Hall–Kier alpha value is -1.42. The number of benzene rings is 2. The van der Waals surface area contributed by atoms with Gasteiger partial charge in [0, 0.05) is 15.5 Å². The van der Waals surface area contributed by atoms with Gasteiger partial charge < -0.3 is 5.73 Å². The van der Waals surface area contributed by atoms with Crippen LogP contribution in [-0.2, 0) is 0 Å². The van der Waals surface area contributed by atoms with E-state index in [1.54, 1.807) is 21.6 Å². The molecule has 104 valence electrons. The largest absolute Gasteiger partial charge is 0.398 e. The molecule has 0 bridgehead atoms. The van der Waals surface area contributed by atoms with Crippen molar-refractivity contribution in [3.05, 3.63) is 30.3 Å². The molecule has 0 unspecified atom stereocenters. The van der Waals surface area contributed by atoms with Crippen molar-refractivity contribution < 1.29 is 0 Å². The summed E-state index contributed by atoms with van der Waals surface area (Å²) in [5.41, 5.74) is 8.65. The molecule has 0 aliphatic carbocycles. The number of anilines is 1. The monoisotopic (exact) mass is 349 g/mol. The molecule has 0 aliphatic rings. The molecule has 0 saturated heterocycles. The average Bonchev–Trinajstić information content (AvgIpc) is 3.12. The minimum Gasteiger partial charge on any atom is -0.398 e. The van der Waals surface area contributed by atoms with Gasteiger partial charge in [0.1, 0.15) is 11.0 Å². The van der Waals surface area contributed by atoms with Gasteiger partial charge in [0.25, 0.3) is 0 Å². The molecule has 0 spiro atoms. The quantitative estimate of drug-likeness (QED) is 0.441. The minimum absolute atomic E-state index is 0.752. The average molecular weight is 349 g/mol. The highest BCUT2D eigenvalue weighted by Gasteiger charge is 2.08. The lowest BCUT2D eigenvalue weighted by Crippen LogP contribution is -1.87. The number of hydrogen-bond donors (Lipinski definition) is 1. The summed E-state index contributed by atoms with van der Waals surface area (Å²) >= 11 is 2.76. The van der Waals surface area contributed by atoms with Gasteiger partial charge in [-0.05, 0) is 53.4 Å². The van der Waals surface area contributed by atoms with Crippen molar-refractivity contribution in [2.75, 3.05) is 5.73 Å². The topological polar surface area (TPSA) is 77.6 Å². The Morgan fingerprint density at radius 3 is 2.48 bits per heavy atom. The van der Waals surface area contributed by atoms with Crippen molar-refractivity contribution in [1.29, 1.82) is 0 Å². The summed E-state index contributed by atoms with van der Waals surface area (Å²) in [6, 6.07) is 10.1. The number of nitrogens with two attached hydrogens (primary N) is 1. The molecule has 2 N–H and O–H groups in total. The molecule has 0 saturated carbocycles. The van der Waals surface area contributed by atoms with Gasteiger partial charge in [-0.25, -0.2) is 0 Å². The smallest absolute Gasteiger partial charge is 0.107 e.